The summed E-state index contributed by atoms with van der Waals surface area (Å²) in [6.45, 7) is 2.33. The van der Waals surface area contributed by atoms with Gasteiger partial charge in [-0.1, -0.05) is 12.8 Å². The summed E-state index contributed by atoms with van der Waals surface area (Å²) in [6, 6.07) is 5.56. The second-order valence-corrected chi connectivity index (χ2v) is 6.11. The number of anilines is 1. The SMILES string of the molecule is CC(=O)c1ccc(N2CCC3CCCCC32)cc1[N+](=O)[O-]. The fraction of sp³-hybridized carbons (Fsp3) is 0.562. The smallest absolute Gasteiger partial charge is 0.282 e. The molecule has 1 aliphatic heterocycles. The summed E-state index contributed by atoms with van der Waals surface area (Å²) >= 11 is 0. The Balaban J connectivity index is 1.94. The number of nitrogens with zero attached hydrogens (tertiary/aromatic N) is 2. The number of hydrogen-bond acceptors (Lipinski definition) is 4. The number of rotatable bonds is 3. The van der Waals surface area contributed by atoms with Crippen LogP contribution in [0.5, 0.6) is 0 Å². The summed E-state index contributed by atoms with van der Waals surface area (Å²) in [5.74, 6) is 0.468. The van der Waals surface area contributed by atoms with Gasteiger partial charge in [0.05, 0.1) is 10.5 Å². The number of ketones is 1. The highest BCUT2D eigenvalue weighted by molar-refractivity contribution is 5.98. The van der Waals surface area contributed by atoms with Crippen molar-refractivity contribution in [2.24, 2.45) is 5.92 Å². The second kappa shape index (κ2) is 5.47. The van der Waals surface area contributed by atoms with Crippen LogP contribution in [0.1, 0.15) is 49.4 Å². The van der Waals surface area contributed by atoms with Crippen LogP contribution in [-0.2, 0) is 0 Å². The Hall–Kier alpha value is -1.91. The molecule has 2 aliphatic rings. The lowest BCUT2D eigenvalue weighted by Crippen LogP contribution is -2.34. The number of Topliss-reactive ketones (excluding diaryl/α,β-unsaturated/α-hetero) is 1. The molecule has 1 saturated heterocycles. The summed E-state index contributed by atoms with van der Waals surface area (Å²) < 4.78 is 0. The first-order valence-electron chi connectivity index (χ1n) is 7.64. The molecule has 0 spiro atoms. The van der Waals surface area contributed by atoms with E-state index in [0.717, 1.165) is 18.2 Å². The minimum atomic E-state index is -0.450. The van der Waals surface area contributed by atoms with Crippen molar-refractivity contribution in [3.05, 3.63) is 33.9 Å². The van der Waals surface area contributed by atoms with Gasteiger partial charge in [0.2, 0.25) is 0 Å². The third-order valence-electron chi connectivity index (χ3n) is 4.90. The van der Waals surface area contributed by atoms with Crippen LogP contribution in [0.2, 0.25) is 0 Å². The summed E-state index contributed by atoms with van der Waals surface area (Å²) in [5, 5.41) is 11.2. The van der Waals surface area contributed by atoms with Gasteiger partial charge in [0.1, 0.15) is 0 Å². The highest BCUT2D eigenvalue weighted by atomic mass is 16.6. The standard InChI is InChI=1S/C16H20N2O3/c1-11(19)14-7-6-13(10-16(14)18(20)21)17-9-8-12-4-2-3-5-15(12)17/h6-7,10,12,15H,2-5,8-9H2,1H3. The molecular formula is C16H20N2O3. The van der Waals surface area contributed by atoms with Crippen molar-refractivity contribution in [2.45, 2.75) is 45.1 Å². The molecule has 5 heteroatoms. The molecule has 1 aromatic rings. The largest absolute Gasteiger partial charge is 0.368 e. The first kappa shape index (κ1) is 14.0. The molecule has 3 rings (SSSR count). The summed E-state index contributed by atoms with van der Waals surface area (Å²) in [7, 11) is 0. The molecule has 21 heavy (non-hydrogen) atoms. The molecular weight excluding hydrogens is 268 g/mol. The van der Waals surface area contributed by atoms with Gasteiger partial charge in [-0.3, -0.25) is 14.9 Å². The van der Waals surface area contributed by atoms with Gasteiger partial charge in [-0.15, -0.1) is 0 Å². The molecule has 2 fully saturated rings. The molecule has 0 N–H and O–H groups in total. The van der Waals surface area contributed by atoms with Crippen LogP contribution in [-0.4, -0.2) is 23.3 Å². The number of nitro benzene ring substituents is 1. The zero-order valence-corrected chi connectivity index (χ0v) is 12.2. The van der Waals surface area contributed by atoms with Gasteiger partial charge in [0.15, 0.2) is 5.78 Å². The molecule has 0 aromatic heterocycles. The average molecular weight is 288 g/mol. The van der Waals surface area contributed by atoms with E-state index in [1.54, 1.807) is 12.1 Å². The molecule has 5 nitrogen and oxygen atoms in total. The Labute approximate surface area is 124 Å². The van der Waals surface area contributed by atoms with Gasteiger partial charge in [-0.05, 0) is 44.2 Å². The van der Waals surface area contributed by atoms with Crippen LogP contribution in [0.15, 0.2) is 18.2 Å². The summed E-state index contributed by atoms with van der Waals surface area (Å²) in [4.78, 5) is 24.6. The molecule has 1 aromatic carbocycles. The van der Waals surface area contributed by atoms with Crippen LogP contribution in [0, 0.1) is 16.0 Å². The maximum atomic E-state index is 11.5. The first-order chi connectivity index (χ1) is 10.1. The minimum Gasteiger partial charge on any atom is -0.368 e. The molecule has 2 atom stereocenters. The van der Waals surface area contributed by atoms with E-state index < -0.39 is 4.92 Å². The van der Waals surface area contributed by atoms with Crippen molar-refractivity contribution >= 4 is 17.2 Å². The molecule has 112 valence electrons. The van der Waals surface area contributed by atoms with Crippen molar-refractivity contribution < 1.29 is 9.72 Å². The topological polar surface area (TPSA) is 63.5 Å². The van der Waals surface area contributed by atoms with Crippen LogP contribution >= 0.6 is 0 Å². The Kier molecular flexibility index (Phi) is 3.66. The summed E-state index contributed by atoms with van der Waals surface area (Å²) in [5.41, 5.74) is 1.02. The minimum absolute atomic E-state index is 0.0701. The van der Waals surface area contributed by atoms with Crippen LogP contribution in [0.3, 0.4) is 0 Å². The predicted molar refractivity (Wildman–Crippen MR) is 80.8 cm³/mol. The number of benzene rings is 1. The molecule has 1 saturated carbocycles. The van der Waals surface area contributed by atoms with Crippen molar-refractivity contribution in [3.8, 4) is 0 Å². The summed E-state index contributed by atoms with van der Waals surface area (Å²) in [6.07, 6.45) is 6.17. The number of hydrogen-bond donors (Lipinski definition) is 0. The quantitative estimate of drug-likeness (QED) is 0.484. The number of carbonyl (C=O) groups is 1. The zero-order valence-electron chi connectivity index (χ0n) is 12.2. The maximum Gasteiger partial charge on any atom is 0.282 e. The van der Waals surface area contributed by atoms with Crippen molar-refractivity contribution in [1.29, 1.82) is 0 Å². The lowest BCUT2D eigenvalue weighted by Gasteiger charge is -2.33. The van der Waals surface area contributed by atoms with Crippen molar-refractivity contribution in [1.82, 2.24) is 0 Å². The molecule has 0 amide bonds. The Morgan fingerprint density at radius 1 is 1.29 bits per heavy atom. The van der Waals surface area contributed by atoms with E-state index in [1.165, 1.54) is 39.0 Å². The monoisotopic (exact) mass is 288 g/mol. The van der Waals surface area contributed by atoms with Crippen LogP contribution in [0.4, 0.5) is 11.4 Å². The predicted octanol–water partition coefficient (Wildman–Crippen LogP) is 3.57. The fourth-order valence-electron chi connectivity index (χ4n) is 3.87. The van der Waals surface area contributed by atoms with E-state index >= 15 is 0 Å². The molecule has 0 bridgehead atoms. The first-order valence-corrected chi connectivity index (χ1v) is 7.64. The van der Waals surface area contributed by atoms with Crippen molar-refractivity contribution in [2.75, 3.05) is 11.4 Å². The van der Waals surface area contributed by atoms with E-state index in [9.17, 15) is 14.9 Å². The lowest BCUT2D eigenvalue weighted by atomic mass is 9.85. The van der Waals surface area contributed by atoms with Crippen LogP contribution in [0.25, 0.3) is 0 Å². The van der Waals surface area contributed by atoms with Gasteiger partial charge in [-0.25, -0.2) is 0 Å². The normalized spacial score (nSPS) is 24.7. The number of fused-ring (bicyclic) bond motifs is 1. The van der Waals surface area contributed by atoms with Crippen molar-refractivity contribution in [3.63, 3.8) is 0 Å². The molecule has 2 unspecified atom stereocenters. The van der Waals surface area contributed by atoms with Gasteiger partial charge in [-0.2, -0.15) is 0 Å². The Morgan fingerprint density at radius 2 is 2.05 bits per heavy atom. The van der Waals surface area contributed by atoms with Gasteiger partial charge in [0, 0.05) is 24.3 Å². The maximum absolute atomic E-state index is 11.5. The van der Waals surface area contributed by atoms with Gasteiger partial charge in [0.25, 0.3) is 5.69 Å². The number of carbonyl (C=O) groups excluding carboxylic acids is 1. The van der Waals surface area contributed by atoms with Gasteiger partial charge < -0.3 is 4.90 Å². The van der Waals surface area contributed by atoms with E-state index in [1.807, 2.05) is 6.07 Å². The Bertz CT molecular complexity index is 585. The van der Waals surface area contributed by atoms with E-state index in [-0.39, 0.29) is 17.0 Å². The Morgan fingerprint density at radius 3 is 2.76 bits per heavy atom. The lowest BCUT2D eigenvalue weighted by molar-refractivity contribution is -0.385. The van der Waals surface area contributed by atoms with E-state index in [4.69, 9.17) is 0 Å². The third kappa shape index (κ3) is 2.52. The molecule has 1 heterocycles. The number of nitro groups is 1. The highest BCUT2D eigenvalue weighted by Crippen LogP contribution is 2.40. The zero-order chi connectivity index (χ0) is 15.0. The second-order valence-electron chi connectivity index (χ2n) is 6.11. The van der Waals surface area contributed by atoms with E-state index in [0.29, 0.717) is 6.04 Å². The van der Waals surface area contributed by atoms with Crippen LogP contribution < -0.4 is 4.90 Å². The fourth-order valence-corrected chi connectivity index (χ4v) is 3.87. The highest BCUT2D eigenvalue weighted by Gasteiger charge is 2.36. The van der Waals surface area contributed by atoms with E-state index in [2.05, 4.69) is 4.90 Å². The third-order valence-corrected chi connectivity index (χ3v) is 4.90. The van der Waals surface area contributed by atoms with Gasteiger partial charge >= 0.3 is 0 Å². The molecule has 0 radical (unpaired) electrons. The average Bonchev–Trinajstić information content (AvgIpc) is 2.90. The molecule has 1 aliphatic carbocycles.